The first-order valence-corrected chi connectivity index (χ1v) is 4.09. The molecule has 1 fully saturated rings. The molecule has 0 aromatic heterocycles. The van der Waals surface area contributed by atoms with Crippen LogP contribution in [0.5, 0.6) is 0 Å². The van der Waals surface area contributed by atoms with E-state index in [-0.39, 0.29) is 0 Å². The van der Waals surface area contributed by atoms with Crippen molar-refractivity contribution in [3.05, 3.63) is 0 Å². The Hall–Kier alpha value is 0.400. The molecule has 0 radical (unpaired) electrons. The van der Waals surface area contributed by atoms with Crippen LogP contribution < -0.4 is 0 Å². The van der Waals surface area contributed by atoms with Crippen molar-refractivity contribution in [2.45, 2.75) is 12.8 Å². The SMILES string of the molecule is S=C(S)CN1CCCC1. The standard InChI is InChI=1S/C6H11NS2/c8-6(9)5-7-3-1-2-4-7/h1-5H2,(H,8,9). The van der Waals surface area contributed by atoms with Crippen LogP contribution in [0.3, 0.4) is 0 Å². The maximum absolute atomic E-state index is 4.85. The summed E-state index contributed by atoms with van der Waals surface area (Å²) in [6, 6.07) is 0. The van der Waals surface area contributed by atoms with Crippen molar-refractivity contribution in [2.75, 3.05) is 19.6 Å². The van der Waals surface area contributed by atoms with Gasteiger partial charge in [0.1, 0.15) is 0 Å². The molecule has 0 spiro atoms. The molecule has 1 nitrogen and oxygen atoms in total. The van der Waals surface area contributed by atoms with Gasteiger partial charge in [-0.05, 0) is 25.9 Å². The lowest BCUT2D eigenvalue weighted by Crippen LogP contribution is -2.23. The fraction of sp³-hybridized carbons (Fsp3) is 0.833. The Morgan fingerprint density at radius 2 is 2.00 bits per heavy atom. The normalized spacial score (nSPS) is 20.6. The molecule has 0 aliphatic carbocycles. The lowest BCUT2D eigenvalue weighted by Gasteiger charge is -2.11. The maximum Gasteiger partial charge on any atom is 0.0588 e. The van der Waals surface area contributed by atoms with E-state index in [1.165, 1.54) is 25.9 Å². The van der Waals surface area contributed by atoms with Crippen molar-refractivity contribution < 1.29 is 0 Å². The minimum atomic E-state index is 0.817. The molecule has 0 bridgehead atoms. The predicted molar refractivity (Wildman–Crippen MR) is 47.3 cm³/mol. The van der Waals surface area contributed by atoms with Crippen LogP contribution in [0.4, 0.5) is 0 Å². The van der Waals surface area contributed by atoms with E-state index in [0.29, 0.717) is 0 Å². The Morgan fingerprint density at radius 3 is 2.44 bits per heavy atom. The van der Waals surface area contributed by atoms with Crippen LogP contribution in [0, 0.1) is 0 Å². The zero-order chi connectivity index (χ0) is 6.69. The highest BCUT2D eigenvalue weighted by molar-refractivity contribution is 8.11. The number of likely N-dealkylation sites (tertiary alicyclic amines) is 1. The van der Waals surface area contributed by atoms with Crippen molar-refractivity contribution >= 4 is 29.0 Å². The number of hydrogen-bond donors (Lipinski definition) is 1. The van der Waals surface area contributed by atoms with Gasteiger partial charge in [-0.15, -0.1) is 12.6 Å². The van der Waals surface area contributed by atoms with Crippen molar-refractivity contribution in [1.82, 2.24) is 4.90 Å². The summed E-state index contributed by atoms with van der Waals surface area (Å²) in [5.74, 6) is 0. The van der Waals surface area contributed by atoms with E-state index in [2.05, 4.69) is 17.5 Å². The van der Waals surface area contributed by atoms with Crippen LogP contribution >= 0.6 is 24.8 Å². The average molecular weight is 161 g/mol. The van der Waals surface area contributed by atoms with Crippen LogP contribution in [-0.2, 0) is 0 Å². The van der Waals surface area contributed by atoms with Crippen molar-refractivity contribution in [3.63, 3.8) is 0 Å². The number of rotatable bonds is 2. The van der Waals surface area contributed by atoms with Crippen LogP contribution in [0.1, 0.15) is 12.8 Å². The minimum Gasteiger partial charge on any atom is -0.298 e. The van der Waals surface area contributed by atoms with Gasteiger partial charge in [-0.3, -0.25) is 4.90 Å². The molecule has 0 aromatic rings. The lowest BCUT2D eigenvalue weighted by molar-refractivity contribution is 0.392. The van der Waals surface area contributed by atoms with Gasteiger partial charge in [-0.2, -0.15) is 0 Å². The van der Waals surface area contributed by atoms with Crippen molar-refractivity contribution in [3.8, 4) is 0 Å². The highest BCUT2D eigenvalue weighted by Crippen LogP contribution is 2.07. The zero-order valence-corrected chi connectivity index (χ0v) is 7.05. The highest BCUT2D eigenvalue weighted by atomic mass is 32.1. The smallest absolute Gasteiger partial charge is 0.0588 e. The van der Waals surface area contributed by atoms with E-state index in [0.717, 1.165) is 10.7 Å². The Balaban J connectivity index is 2.19. The summed E-state index contributed by atoms with van der Waals surface area (Å²) in [5, 5.41) is 0. The third-order valence-corrected chi connectivity index (χ3v) is 1.83. The van der Waals surface area contributed by atoms with Crippen LogP contribution in [0.25, 0.3) is 0 Å². The second-order valence-electron chi connectivity index (χ2n) is 2.38. The maximum atomic E-state index is 4.85. The molecular formula is C6H11NS2. The number of thiol groups is 1. The van der Waals surface area contributed by atoms with Crippen LogP contribution in [0.15, 0.2) is 0 Å². The van der Waals surface area contributed by atoms with Gasteiger partial charge in [-0.1, -0.05) is 12.2 Å². The molecule has 1 aliphatic heterocycles. The molecule has 0 N–H and O–H groups in total. The van der Waals surface area contributed by atoms with E-state index >= 15 is 0 Å². The highest BCUT2D eigenvalue weighted by Gasteiger charge is 2.10. The molecule has 1 saturated heterocycles. The first kappa shape index (κ1) is 7.51. The predicted octanol–water partition coefficient (Wildman–Crippen LogP) is 1.34. The Bertz CT molecular complexity index is 108. The van der Waals surface area contributed by atoms with Gasteiger partial charge in [-0.25, -0.2) is 0 Å². The lowest BCUT2D eigenvalue weighted by atomic mass is 10.4. The van der Waals surface area contributed by atoms with E-state index in [1.54, 1.807) is 0 Å². The van der Waals surface area contributed by atoms with Gasteiger partial charge in [0.2, 0.25) is 0 Å². The van der Waals surface area contributed by atoms with Crippen LogP contribution in [0.2, 0.25) is 0 Å². The Morgan fingerprint density at radius 1 is 1.44 bits per heavy atom. The second-order valence-corrected chi connectivity index (χ2v) is 3.71. The van der Waals surface area contributed by atoms with E-state index in [9.17, 15) is 0 Å². The third kappa shape index (κ3) is 2.65. The van der Waals surface area contributed by atoms with Crippen LogP contribution in [-0.4, -0.2) is 28.7 Å². The van der Waals surface area contributed by atoms with E-state index < -0.39 is 0 Å². The minimum absolute atomic E-state index is 0.817. The Kier molecular flexibility index (Phi) is 2.95. The van der Waals surface area contributed by atoms with Gasteiger partial charge in [0.25, 0.3) is 0 Å². The van der Waals surface area contributed by atoms with Gasteiger partial charge in [0.05, 0.1) is 4.20 Å². The van der Waals surface area contributed by atoms with Gasteiger partial charge < -0.3 is 0 Å². The number of nitrogens with zero attached hydrogens (tertiary/aromatic N) is 1. The summed E-state index contributed by atoms with van der Waals surface area (Å²) in [6.45, 7) is 3.32. The van der Waals surface area contributed by atoms with Gasteiger partial charge in [0, 0.05) is 6.54 Å². The average Bonchev–Trinajstić information content (AvgIpc) is 2.15. The van der Waals surface area contributed by atoms with Crippen molar-refractivity contribution in [2.24, 2.45) is 0 Å². The fourth-order valence-electron chi connectivity index (χ4n) is 1.13. The van der Waals surface area contributed by atoms with Crippen molar-refractivity contribution in [1.29, 1.82) is 0 Å². The van der Waals surface area contributed by atoms with E-state index in [1.807, 2.05) is 0 Å². The zero-order valence-electron chi connectivity index (χ0n) is 5.34. The molecule has 0 aromatic carbocycles. The molecule has 9 heavy (non-hydrogen) atoms. The molecule has 3 heteroatoms. The molecular weight excluding hydrogens is 150 g/mol. The summed E-state index contributed by atoms with van der Waals surface area (Å²) in [6.07, 6.45) is 2.66. The molecule has 1 rings (SSSR count). The summed E-state index contributed by atoms with van der Waals surface area (Å²) in [4.78, 5) is 2.34. The van der Waals surface area contributed by atoms with Gasteiger partial charge >= 0.3 is 0 Å². The van der Waals surface area contributed by atoms with E-state index in [4.69, 9.17) is 12.2 Å². The summed E-state index contributed by atoms with van der Waals surface area (Å²) >= 11 is 8.92. The number of hydrogen-bond acceptors (Lipinski definition) is 2. The summed E-state index contributed by atoms with van der Waals surface area (Å²) in [7, 11) is 0. The molecule has 0 unspecified atom stereocenters. The molecule has 0 amide bonds. The first-order chi connectivity index (χ1) is 4.29. The second kappa shape index (κ2) is 3.54. The quantitative estimate of drug-likeness (QED) is 0.481. The Labute approximate surface area is 66.8 Å². The monoisotopic (exact) mass is 161 g/mol. The molecule has 1 heterocycles. The first-order valence-electron chi connectivity index (χ1n) is 3.23. The molecule has 1 aliphatic rings. The van der Waals surface area contributed by atoms with Gasteiger partial charge in [0.15, 0.2) is 0 Å². The topological polar surface area (TPSA) is 3.24 Å². The fourth-order valence-corrected chi connectivity index (χ4v) is 1.51. The molecule has 0 saturated carbocycles. The molecule has 52 valence electrons. The summed E-state index contributed by atoms with van der Waals surface area (Å²) < 4.78 is 0.817. The number of thiocarbonyl (C=S) groups is 1. The third-order valence-electron chi connectivity index (χ3n) is 1.56. The largest absolute Gasteiger partial charge is 0.298 e. The molecule has 0 atom stereocenters. The summed E-state index contributed by atoms with van der Waals surface area (Å²) in [5.41, 5.74) is 0.